The molecule has 5 nitrogen and oxygen atoms in total. The van der Waals surface area contributed by atoms with Crippen molar-refractivity contribution in [3.8, 4) is 0 Å². The molecule has 0 rings (SSSR count). The van der Waals surface area contributed by atoms with Crippen molar-refractivity contribution >= 4 is 24.1 Å². The van der Waals surface area contributed by atoms with E-state index in [1.807, 2.05) is 13.8 Å². The first-order valence-corrected chi connectivity index (χ1v) is 8.46. The molecule has 0 bridgehead atoms. The van der Waals surface area contributed by atoms with Gasteiger partial charge in [-0.25, -0.2) is 4.57 Å². The molecule has 0 spiro atoms. The molecule has 0 amide bonds. The van der Waals surface area contributed by atoms with Gasteiger partial charge in [-0.05, 0) is 36.8 Å². The Labute approximate surface area is 101 Å². The quantitative estimate of drug-likeness (QED) is 0.291. The summed E-state index contributed by atoms with van der Waals surface area (Å²) in [6.07, 6.45) is 0.902. The first kappa shape index (κ1) is 15.8. The predicted octanol–water partition coefficient (Wildman–Crippen LogP) is 3.66. The van der Waals surface area contributed by atoms with E-state index in [9.17, 15) is 4.57 Å². The van der Waals surface area contributed by atoms with Crippen LogP contribution in [0, 0.1) is 0 Å². The Kier molecular flexibility index (Phi) is 8.80. The van der Waals surface area contributed by atoms with Crippen LogP contribution in [-0.2, 0) is 18.5 Å². The van der Waals surface area contributed by atoms with Gasteiger partial charge in [0.25, 0.3) is 0 Å². The summed E-state index contributed by atoms with van der Waals surface area (Å²) >= 11 is 1.16. The minimum atomic E-state index is -3.16. The van der Waals surface area contributed by atoms with Crippen LogP contribution in [0.3, 0.4) is 0 Å². The van der Waals surface area contributed by atoms with E-state index in [4.69, 9.17) is 13.9 Å². The van der Waals surface area contributed by atoms with E-state index in [0.29, 0.717) is 24.9 Å². The fourth-order valence-corrected chi connectivity index (χ4v) is 3.89. The van der Waals surface area contributed by atoms with Crippen molar-refractivity contribution in [2.24, 2.45) is 5.16 Å². The first-order chi connectivity index (χ1) is 7.58. The molecular weight excluding hydrogens is 249 g/mol. The normalized spacial score (nSPS) is 15.6. The van der Waals surface area contributed by atoms with Crippen LogP contribution in [0.4, 0.5) is 0 Å². The van der Waals surface area contributed by atoms with Crippen LogP contribution in [-0.4, -0.2) is 24.9 Å². The molecule has 0 aromatic carbocycles. The summed E-state index contributed by atoms with van der Waals surface area (Å²) in [7, 11) is 0. The lowest BCUT2D eigenvalue weighted by molar-refractivity contribution is 0.221. The summed E-state index contributed by atoms with van der Waals surface area (Å²) in [5.41, 5.74) is 0. The highest BCUT2D eigenvalue weighted by atomic mass is 32.7. The van der Waals surface area contributed by atoms with Crippen LogP contribution in [0.5, 0.6) is 0 Å². The van der Waals surface area contributed by atoms with Crippen molar-refractivity contribution in [1.29, 1.82) is 0 Å². The zero-order chi connectivity index (χ0) is 12.4. The van der Waals surface area contributed by atoms with Gasteiger partial charge in [0.15, 0.2) is 0 Å². The van der Waals surface area contributed by atoms with Crippen molar-refractivity contribution in [2.75, 3.05) is 19.0 Å². The van der Waals surface area contributed by atoms with E-state index in [-0.39, 0.29) is 0 Å². The highest BCUT2D eigenvalue weighted by Gasteiger charge is 2.26. The molecule has 0 radical (unpaired) electrons. The maximum atomic E-state index is 12.0. The van der Waals surface area contributed by atoms with Crippen LogP contribution in [0.1, 0.15) is 34.1 Å². The smallest absolute Gasteiger partial charge is 0.460 e. The van der Waals surface area contributed by atoms with Gasteiger partial charge in [-0.2, -0.15) is 0 Å². The van der Waals surface area contributed by atoms with E-state index in [2.05, 4.69) is 5.16 Å². The van der Waals surface area contributed by atoms with E-state index in [1.165, 1.54) is 0 Å². The third-order valence-corrected chi connectivity index (χ3v) is 5.14. The fourth-order valence-electron chi connectivity index (χ4n) is 0.788. The summed E-state index contributed by atoms with van der Waals surface area (Å²) in [5, 5.41) is 3.64. The molecule has 0 aliphatic rings. The summed E-state index contributed by atoms with van der Waals surface area (Å²) in [6.45, 7) is 4.91. The van der Waals surface area contributed by atoms with E-state index < -0.39 is 6.80 Å². The molecule has 0 aliphatic carbocycles. The lowest BCUT2D eigenvalue weighted by atomic mass is 10.6. The van der Waals surface area contributed by atoms with E-state index in [0.717, 1.165) is 17.8 Å². The van der Waals surface area contributed by atoms with E-state index in [1.54, 1.807) is 13.8 Å². The second-order valence-electron chi connectivity index (χ2n) is 2.82. The van der Waals surface area contributed by atoms with Gasteiger partial charge in [-0.15, -0.1) is 0 Å². The van der Waals surface area contributed by atoms with Crippen molar-refractivity contribution < 1.29 is 18.5 Å². The molecule has 1 unspecified atom stereocenters. The molecule has 0 aliphatic heterocycles. The molecule has 0 saturated heterocycles. The molecule has 16 heavy (non-hydrogen) atoms. The molecular formula is C9H20NO4PS. The number of ether oxygens (including phenoxy) is 1. The van der Waals surface area contributed by atoms with E-state index >= 15 is 0 Å². The van der Waals surface area contributed by atoms with Crippen LogP contribution in [0.25, 0.3) is 0 Å². The van der Waals surface area contributed by atoms with Crippen LogP contribution < -0.4 is 0 Å². The lowest BCUT2D eigenvalue weighted by Gasteiger charge is -2.13. The number of nitrogens with zero attached hydrogens (tertiary/aromatic N) is 1. The zero-order valence-corrected chi connectivity index (χ0v) is 12.0. The Hall–Kier alpha value is -0.190. The number of rotatable bonds is 8. The molecule has 0 heterocycles. The average molecular weight is 269 g/mol. The molecule has 0 fully saturated rings. The first-order valence-electron chi connectivity index (χ1n) is 5.33. The molecule has 0 saturated carbocycles. The lowest BCUT2D eigenvalue weighted by Crippen LogP contribution is -1.99. The van der Waals surface area contributed by atoms with Gasteiger partial charge in [-0.1, -0.05) is 6.92 Å². The Morgan fingerprint density at radius 1 is 1.31 bits per heavy atom. The third-order valence-electron chi connectivity index (χ3n) is 1.36. The Morgan fingerprint density at radius 3 is 2.50 bits per heavy atom. The second-order valence-corrected chi connectivity index (χ2v) is 6.92. The summed E-state index contributed by atoms with van der Waals surface area (Å²) in [6, 6.07) is 0. The third kappa shape index (κ3) is 7.14. The molecule has 0 aromatic rings. The monoisotopic (exact) mass is 269 g/mol. The molecule has 7 heteroatoms. The Bertz CT molecular complexity index is 260. The zero-order valence-electron chi connectivity index (χ0n) is 10.3. The van der Waals surface area contributed by atoms with Gasteiger partial charge in [0.1, 0.15) is 0 Å². The highest BCUT2D eigenvalue weighted by molar-refractivity contribution is 8.55. The Balaban J connectivity index is 4.31. The Morgan fingerprint density at radius 2 is 2.00 bits per heavy atom. The van der Waals surface area contributed by atoms with Gasteiger partial charge >= 0.3 is 6.80 Å². The van der Waals surface area contributed by atoms with Crippen molar-refractivity contribution in [3.05, 3.63) is 0 Å². The number of hydrogen-bond donors (Lipinski definition) is 0. The summed E-state index contributed by atoms with van der Waals surface area (Å²) in [5.74, 6) is 1.06. The SMILES string of the molecule is CCCSP(=O)(OCC)ON=C(C)OCC. The minimum Gasteiger partial charge on any atom is -0.479 e. The largest absolute Gasteiger partial charge is 0.479 e. The van der Waals surface area contributed by atoms with Crippen molar-refractivity contribution in [1.82, 2.24) is 0 Å². The molecule has 1 atom stereocenters. The van der Waals surface area contributed by atoms with Crippen LogP contribution in [0.15, 0.2) is 5.16 Å². The highest BCUT2D eigenvalue weighted by Crippen LogP contribution is 2.60. The van der Waals surface area contributed by atoms with Crippen molar-refractivity contribution in [3.63, 3.8) is 0 Å². The van der Waals surface area contributed by atoms with Gasteiger partial charge < -0.3 is 9.36 Å². The van der Waals surface area contributed by atoms with Gasteiger partial charge in [0, 0.05) is 12.7 Å². The van der Waals surface area contributed by atoms with Gasteiger partial charge in [0.05, 0.1) is 13.2 Å². The standard InChI is InChI=1S/C9H20NO4PS/c1-5-8-16-15(11,13-7-3)14-10-9(4)12-6-2/h5-8H2,1-4H3. The predicted molar refractivity (Wildman–Crippen MR) is 67.8 cm³/mol. The van der Waals surface area contributed by atoms with Crippen molar-refractivity contribution in [2.45, 2.75) is 34.1 Å². The van der Waals surface area contributed by atoms with Crippen LogP contribution >= 0.6 is 18.2 Å². The number of hydrogen-bond acceptors (Lipinski definition) is 6. The van der Waals surface area contributed by atoms with Crippen LogP contribution in [0.2, 0.25) is 0 Å². The maximum absolute atomic E-state index is 12.0. The molecule has 0 N–H and O–H groups in total. The number of oxime groups is 1. The average Bonchev–Trinajstić information content (AvgIpc) is 2.25. The second kappa shape index (κ2) is 8.90. The maximum Gasteiger partial charge on any atom is 0.460 e. The topological polar surface area (TPSA) is 57.1 Å². The minimum absolute atomic E-state index is 0.331. The fraction of sp³-hybridized carbons (Fsp3) is 0.889. The molecule has 0 aromatic heterocycles. The van der Waals surface area contributed by atoms with Gasteiger partial charge in [-0.3, -0.25) is 4.52 Å². The summed E-state index contributed by atoms with van der Waals surface area (Å²) in [4.78, 5) is 0. The molecule has 96 valence electrons. The summed E-state index contributed by atoms with van der Waals surface area (Å²) < 4.78 is 27.1. The van der Waals surface area contributed by atoms with Gasteiger partial charge in [0.2, 0.25) is 5.90 Å².